The van der Waals surface area contributed by atoms with Crippen LogP contribution in [0, 0.1) is 0 Å². The molecule has 2 aromatic heterocycles. The highest BCUT2D eigenvalue weighted by atomic mass is 15.2. The maximum Gasteiger partial charge on any atom is 0.137 e. The molecular weight excluding hydrogens is 328 g/mol. The van der Waals surface area contributed by atoms with Crippen LogP contribution in [0.1, 0.15) is 62.5 Å². The van der Waals surface area contributed by atoms with Gasteiger partial charge in [-0.25, -0.2) is 9.97 Å². The van der Waals surface area contributed by atoms with Crippen molar-refractivity contribution in [3.63, 3.8) is 0 Å². The summed E-state index contributed by atoms with van der Waals surface area (Å²) in [4.78, 5) is 14.0. The lowest BCUT2D eigenvalue weighted by Gasteiger charge is -2.38. The average molecular weight is 358 g/mol. The Morgan fingerprint density at radius 3 is 2.31 bits per heavy atom. The molecule has 4 heterocycles. The van der Waals surface area contributed by atoms with Crippen molar-refractivity contribution in [2.24, 2.45) is 0 Å². The van der Waals surface area contributed by atoms with Crippen LogP contribution in [0.2, 0.25) is 0 Å². The van der Waals surface area contributed by atoms with Gasteiger partial charge in [0.25, 0.3) is 0 Å². The van der Waals surface area contributed by atoms with Gasteiger partial charge in [0, 0.05) is 31.0 Å². The van der Waals surface area contributed by atoms with Gasteiger partial charge in [-0.3, -0.25) is 15.1 Å². The first-order valence-electron chi connectivity index (χ1n) is 9.96. The molecule has 4 rings (SSSR count). The van der Waals surface area contributed by atoms with Crippen LogP contribution in [0.5, 0.6) is 0 Å². The Morgan fingerprint density at radius 1 is 1.00 bits per heavy atom. The minimum atomic E-state index is 0.500. The molecule has 3 unspecified atom stereocenters. The summed E-state index contributed by atoms with van der Waals surface area (Å²) in [6.45, 7) is 8.14. The third-order valence-corrected chi connectivity index (χ3v) is 6.09. The summed E-state index contributed by atoms with van der Waals surface area (Å²) < 4.78 is 0. The number of likely N-dealkylation sites (tertiary alicyclic amines) is 2. The molecule has 2 aliphatic heterocycles. The largest absolute Gasteiger partial charge is 0.303 e. The second-order valence-corrected chi connectivity index (χ2v) is 7.85. The number of hydrogen-bond acceptors (Lipinski definition) is 6. The van der Waals surface area contributed by atoms with Crippen molar-refractivity contribution < 1.29 is 0 Å². The predicted molar refractivity (Wildman–Crippen MR) is 98.8 cm³/mol. The van der Waals surface area contributed by atoms with E-state index < -0.39 is 0 Å². The number of aromatic nitrogens is 6. The smallest absolute Gasteiger partial charge is 0.137 e. The van der Waals surface area contributed by atoms with Crippen LogP contribution in [0.3, 0.4) is 0 Å². The quantitative estimate of drug-likeness (QED) is 0.818. The maximum absolute atomic E-state index is 4.37. The van der Waals surface area contributed by atoms with E-state index in [2.05, 4.69) is 47.1 Å². The Hall–Kier alpha value is -1.80. The van der Waals surface area contributed by atoms with Gasteiger partial charge < -0.3 is 4.90 Å². The molecule has 2 aromatic rings. The molecule has 8 heteroatoms. The van der Waals surface area contributed by atoms with Gasteiger partial charge in [0.15, 0.2) is 0 Å². The zero-order valence-corrected chi connectivity index (χ0v) is 15.6. The molecule has 0 aliphatic carbocycles. The Morgan fingerprint density at radius 2 is 1.65 bits per heavy atom. The molecule has 0 spiro atoms. The molecule has 2 N–H and O–H groups in total. The van der Waals surface area contributed by atoms with Crippen molar-refractivity contribution in [3.8, 4) is 0 Å². The Kier molecular flexibility index (Phi) is 5.59. The van der Waals surface area contributed by atoms with Crippen molar-refractivity contribution in [3.05, 3.63) is 24.3 Å². The number of nitrogens with one attached hydrogen (secondary N) is 2. The predicted octanol–water partition coefficient (Wildman–Crippen LogP) is 1.76. The van der Waals surface area contributed by atoms with Gasteiger partial charge in [0.2, 0.25) is 0 Å². The first kappa shape index (κ1) is 17.6. The minimum Gasteiger partial charge on any atom is -0.303 e. The fourth-order valence-electron chi connectivity index (χ4n) is 4.49. The van der Waals surface area contributed by atoms with Gasteiger partial charge in [-0.05, 0) is 58.7 Å². The van der Waals surface area contributed by atoms with E-state index in [9.17, 15) is 0 Å². The molecule has 0 amide bonds. The summed E-state index contributed by atoms with van der Waals surface area (Å²) >= 11 is 0. The van der Waals surface area contributed by atoms with E-state index >= 15 is 0 Å². The van der Waals surface area contributed by atoms with Crippen LogP contribution >= 0.6 is 0 Å². The molecule has 0 saturated carbocycles. The summed E-state index contributed by atoms with van der Waals surface area (Å²) in [6.07, 6.45) is 9.38. The molecule has 2 aliphatic rings. The van der Waals surface area contributed by atoms with Gasteiger partial charge in [-0.15, -0.1) is 0 Å². The van der Waals surface area contributed by atoms with Gasteiger partial charge in [-0.1, -0.05) is 0 Å². The number of piperidine rings is 2. The number of nitrogens with zero attached hydrogens (tertiary/aromatic N) is 6. The van der Waals surface area contributed by atoms with E-state index in [0.717, 1.165) is 31.3 Å². The normalized spacial score (nSPS) is 26.8. The summed E-state index contributed by atoms with van der Waals surface area (Å²) in [5, 5.41) is 14.1. The van der Waals surface area contributed by atoms with E-state index in [1.54, 1.807) is 12.7 Å². The van der Waals surface area contributed by atoms with E-state index in [4.69, 9.17) is 0 Å². The number of aromatic amines is 2. The van der Waals surface area contributed by atoms with E-state index in [1.807, 2.05) is 0 Å². The molecule has 0 aromatic carbocycles. The summed E-state index contributed by atoms with van der Waals surface area (Å²) in [5.74, 6) is 3.11. The zero-order chi connectivity index (χ0) is 17.8. The lowest BCUT2D eigenvalue weighted by Crippen LogP contribution is -2.43. The standard InChI is InChI=1S/C18H30N8/c1-14(26-8-3-5-16(11-26)18-20-13-22-24-18)6-9-25-7-2-4-15(10-25)17-19-12-21-23-17/h12-16H,2-11H2,1H3,(H,19,21,23)(H,20,22,24). The second kappa shape index (κ2) is 8.26. The first-order chi connectivity index (χ1) is 12.8. The van der Waals surface area contributed by atoms with Crippen LogP contribution in [0.15, 0.2) is 12.7 Å². The molecular formula is C18H30N8. The lowest BCUT2D eigenvalue weighted by molar-refractivity contribution is 0.127. The summed E-state index contributed by atoms with van der Waals surface area (Å²) in [7, 11) is 0. The SMILES string of the molecule is CC(CCN1CCCC(c2ncn[nH]2)C1)N1CCCC(c2ncn[nH]2)C1. The van der Waals surface area contributed by atoms with E-state index in [1.165, 1.54) is 45.2 Å². The van der Waals surface area contributed by atoms with Gasteiger partial charge in [0.1, 0.15) is 24.3 Å². The third kappa shape index (κ3) is 4.12. The fraction of sp³-hybridized carbons (Fsp3) is 0.778. The van der Waals surface area contributed by atoms with E-state index in [-0.39, 0.29) is 0 Å². The van der Waals surface area contributed by atoms with Crippen LogP contribution < -0.4 is 0 Å². The molecule has 3 atom stereocenters. The van der Waals surface area contributed by atoms with Gasteiger partial charge in [0.05, 0.1) is 0 Å². The lowest BCUT2D eigenvalue weighted by atomic mass is 9.95. The van der Waals surface area contributed by atoms with Crippen molar-refractivity contribution in [1.29, 1.82) is 0 Å². The highest BCUT2D eigenvalue weighted by molar-refractivity contribution is 4.98. The average Bonchev–Trinajstić information content (AvgIpc) is 3.40. The Bertz CT molecular complexity index is 640. The fourth-order valence-corrected chi connectivity index (χ4v) is 4.49. The van der Waals surface area contributed by atoms with Crippen LogP contribution in [0.4, 0.5) is 0 Å². The number of H-pyrrole nitrogens is 2. The molecule has 142 valence electrons. The third-order valence-electron chi connectivity index (χ3n) is 6.09. The van der Waals surface area contributed by atoms with E-state index in [0.29, 0.717) is 17.9 Å². The Balaban J connectivity index is 1.26. The van der Waals surface area contributed by atoms with Crippen molar-refractivity contribution >= 4 is 0 Å². The van der Waals surface area contributed by atoms with Crippen LogP contribution in [-0.2, 0) is 0 Å². The first-order valence-corrected chi connectivity index (χ1v) is 9.96. The van der Waals surface area contributed by atoms with Gasteiger partial charge in [-0.2, -0.15) is 10.2 Å². The highest BCUT2D eigenvalue weighted by Crippen LogP contribution is 2.27. The Labute approximate surface area is 154 Å². The number of rotatable bonds is 6. The molecule has 2 fully saturated rings. The summed E-state index contributed by atoms with van der Waals surface area (Å²) in [6, 6.07) is 0.603. The highest BCUT2D eigenvalue weighted by Gasteiger charge is 2.27. The monoisotopic (exact) mass is 358 g/mol. The van der Waals surface area contributed by atoms with Crippen molar-refractivity contribution in [1.82, 2.24) is 40.2 Å². The molecule has 8 nitrogen and oxygen atoms in total. The molecule has 0 bridgehead atoms. The van der Waals surface area contributed by atoms with Gasteiger partial charge >= 0.3 is 0 Å². The maximum atomic E-state index is 4.37. The van der Waals surface area contributed by atoms with Crippen molar-refractivity contribution in [2.45, 2.75) is 56.9 Å². The summed E-state index contributed by atoms with van der Waals surface area (Å²) in [5.41, 5.74) is 0. The molecule has 2 saturated heterocycles. The molecule has 0 radical (unpaired) electrons. The molecule has 26 heavy (non-hydrogen) atoms. The topological polar surface area (TPSA) is 89.6 Å². The minimum absolute atomic E-state index is 0.500. The second-order valence-electron chi connectivity index (χ2n) is 7.85. The van der Waals surface area contributed by atoms with Crippen LogP contribution in [0.25, 0.3) is 0 Å². The van der Waals surface area contributed by atoms with Crippen molar-refractivity contribution in [2.75, 3.05) is 32.7 Å². The number of hydrogen-bond donors (Lipinski definition) is 2. The zero-order valence-electron chi connectivity index (χ0n) is 15.6. The van der Waals surface area contributed by atoms with Crippen LogP contribution in [-0.4, -0.2) is 78.9 Å².